The molecule has 3 heterocycles. The van der Waals surface area contributed by atoms with E-state index in [0.29, 0.717) is 49.8 Å². The zero-order valence-electron chi connectivity index (χ0n) is 15.5. The third-order valence-corrected chi connectivity index (χ3v) is 5.17. The third kappa shape index (κ3) is 4.38. The van der Waals surface area contributed by atoms with Gasteiger partial charge in [-0.25, -0.2) is 4.98 Å². The molecule has 0 bridgehead atoms. The van der Waals surface area contributed by atoms with E-state index in [9.17, 15) is 18.0 Å². The Morgan fingerprint density at radius 1 is 1.14 bits per heavy atom. The minimum Gasteiger partial charge on any atom is -0.454 e. The van der Waals surface area contributed by atoms with Crippen LogP contribution in [0, 0.1) is 5.92 Å². The minimum atomic E-state index is -4.39. The molecule has 2 aliphatic heterocycles. The van der Waals surface area contributed by atoms with Gasteiger partial charge in [0.1, 0.15) is 5.82 Å². The molecule has 0 atom stereocenters. The zero-order chi connectivity index (χ0) is 20.4. The monoisotopic (exact) mass is 407 g/mol. The maximum Gasteiger partial charge on any atom is 0.417 e. The summed E-state index contributed by atoms with van der Waals surface area (Å²) in [7, 11) is 0. The van der Waals surface area contributed by atoms with Gasteiger partial charge in [-0.15, -0.1) is 0 Å². The Labute approximate surface area is 165 Å². The number of amides is 1. The van der Waals surface area contributed by atoms with Gasteiger partial charge in [-0.05, 0) is 42.7 Å². The number of rotatable bonds is 4. The average molecular weight is 407 g/mol. The van der Waals surface area contributed by atoms with E-state index in [1.807, 2.05) is 23.1 Å². The fourth-order valence-electron chi connectivity index (χ4n) is 3.50. The number of piperidine rings is 1. The topological polar surface area (TPSA) is 63.7 Å². The Hall–Kier alpha value is -2.97. The Morgan fingerprint density at radius 2 is 1.90 bits per heavy atom. The second-order valence-electron chi connectivity index (χ2n) is 7.07. The van der Waals surface area contributed by atoms with Gasteiger partial charge in [-0.2, -0.15) is 13.2 Å². The number of fused-ring (bicyclic) bond motifs is 1. The first-order chi connectivity index (χ1) is 13.9. The number of alkyl halides is 3. The molecule has 0 radical (unpaired) electrons. The van der Waals surface area contributed by atoms with E-state index in [2.05, 4.69) is 10.3 Å². The average Bonchev–Trinajstić information content (AvgIpc) is 3.19. The number of halogens is 3. The maximum atomic E-state index is 12.7. The van der Waals surface area contributed by atoms with Crippen molar-refractivity contribution in [3.8, 4) is 11.5 Å². The number of nitrogens with zero attached hydrogens (tertiary/aromatic N) is 2. The summed E-state index contributed by atoms with van der Waals surface area (Å²) in [6, 6.07) is 7.96. The highest BCUT2D eigenvalue weighted by Gasteiger charge is 2.31. The minimum absolute atomic E-state index is 0.0253. The summed E-state index contributed by atoms with van der Waals surface area (Å²) in [4.78, 5) is 18.3. The highest BCUT2D eigenvalue weighted by Crippen LogP contribution is 2.33. The van der Waals surface area contributed by atoms with Gasteiger partial charge in [0.25, 0.3) is 0 Å². The lowest BCUT2D eigenvalue weighted by Gasteiger charge is -2.32. The fourth-order valence-corrected chi connectivity index (χ4v) is 3.50. The summed E-state index contributed by atoms with van der Waals surface area (Å²) < 4.78 is 48.6. The number of nitrogens with one attached hydrogen (secondary N) is 1. The van der Waals surface area contributed by atoms with E-state index < -0.39 is 11.7 Å². The van der Waals surface area contributed by atoms with E-state index in [1.165, 1.54) is 6.07 Å². The first-order valence-corrected chi connectivity index (χ1v) is 9.34. The van der Waals surface area contributed by atoms with Crippen molar-refractivity contribution in [2.75, 3.05) is 24.8 Å². The molecular weight excluding hydrogens is 387 g/mol. The van der Waals surface area contributed by atoms with Crippen LogP contribution in [-0.4, -0.2) is 30.8 Å². The van der Waals surface area contributed by atoms with Gasteiger partial charge in [-0.1, -0.05) is 6.07 Å². The molecule has 1 aromatic carbocycles. The standard InChI is InChI=1S/C20H20F3N3O3/c21-20(22,23)15-2-4-18(24-11-15)26-7-5-14(6-8-26)19(27)25-10-13-1-3-16-17(9-13)29-12-28-16/h1-4,9,11,14H,5-8,10,12H2,(H,25,27). The molecule has 1 amide bonds. The molecule has 0 unspecified atom stereocenters. The van der Waals surface area contributed by atoms with Gasteiger partial charge in [0.2, 0.25) is 12.7 Å². The number of hydrogen-bond acceptors (Lipinski definition) is 5. The summed E-state index contributed by atoms with van der Waals surface area (Å²) in [6.07, 6.45) is -2.31. The number of anilines is 1. The Kier molecular flexibility index (Phi) is 5.21. The Balaban J connectivity index is 1.27. The number of carbonyl (C=O) groups is 1. The van der Waals surface area contributed by atoms with E-state index >= 15 is 0 Å². The van der Waals surface area contributed by atoms with Crippen LogP contribution in [0.3, 0.4) is 0 Å². The predicted molar refractivity (Wildman–Crippen MR) is 98.6 cm³/mol. The molecular formula is C20H20F3N3O3. The van der Waals surface area contributed by atoms with E-state index in [1.54, 1.807) is 0 Å². The Bertz CT molecular complexity index is 879. The quantitative estimate of drug-likeness (QED) is 0.842. The molecule has 0 saturated carbocycles. The Morgan fingerprint density at radius 3 is 2.59 bits per heavy atom. The summed E-state index contributed by atoms with van der Waals surface area (Å²) in [5.41, 5.74) is 0.160. The first kappa shape index (κ1) is 19.4. The molecule has 1 N–H and O–H groups in total. The van der Waals surface area contributed by atoms with E-state index in [4.69, 9.17) is 9.47 Å². The lowest BCUT2D eigenvalue weighted by atomic mass is 9.95. The maximum absolute atomic E-state index is 12.7. The second-order valence-corrected chi connectivity index (χ2v) is 7.07. The summed E-state index contributed by atoms with van der Waals surface area (Å²) in [5.74, 6) is 1.72. The van der Waals surface area contributed by atoms with Crippen LogP contribution in [0.15, 0.2) is 36.5 Å². The van der Waals surface area contributed by atoms with Crippen molar-refractivity contribution in [1.29, 1.82) is 0 Å². The lowest BCUT2D eigenvalue weighted by molar-refractivity contribution is -0.137. The van der Waals surface area contributed by atoms with Crippen LogP contribution in [0.5, 0.6) is 11.5 Å². The lowest BCUT2D eigenvalue weighted by Crippen LogP contribution is -2.40. The normalized spacial score (nSPS) is 16.7. The molecule has 6 nitrogen and oxygen atoms in total. The first-order valence-electron chi connectivity index (χ1n) is 9.34. The number of benzene rings is 1. The van der Waals surface area contributed by atoms with Crippen molar-refractivity contribution in [3.05, 3.63) is 47.7 Å². The highest BCUT2D eigenvalue weighted by atomic mass is 19.4. The highest BCUT2D eigenvalue weighted by molar-refractivity contribution is 5.79. The van der Waals surface area contributed by atoms with Crippen molar-refractivity contribution in [2.45, 2.75) is 25.6 Å². The van der Waals surface area contributed by atoms with Crippen LogP contribution in [0.25, 0.3) is 0 Å². The van der Waals surface area contributed by atoms with Gasteiger partial charge < -0.3 is 19.7 Å². The molecule has 9 heteroatoms. The van der Waals surface area contributed by atoms with Crippen molar-refractivity contribution in [2.24, 2.45) is 5.92 Å². The molecule has 2 aromatic rings. The fraction of sp³-hybridized carbons (Fsp3) is 0.400. The summed E-state index contributed by atoms with van der Waals surface area (Å²) in [6.45, 7) is 1.74. The van der Waals surface area contributed by atoms with Gasteiger partial charge in [-0.3, -0.25) is 4.79 Å². The van der Waals surface area contributed by atoms with Gasteiger partial charge in [0, 0.05) is 31.7 Å². The van der Waals surface area contributed by atoms with Crippen LogP contribution in [0.1, 0.15) is 24.0 Å². The van der Waals surface area contributed by atoms with Crippen LogP contribution in [-0.2, 0) is 17.5 Å². The molecule has 1 saturated heterocycles. The largest absolute Gasteiger partial charge is 0.454 e. The molecule has 154 valence electrons. The molecule has 1 aromatic heterocycles. The zero-order valence-corrected chi connectivity index (χ0v) is 15.5. The smallest absolute Gasteiger partial charge is 0.417 e. The second kappa shape index (κ2) is 7.81. The van der Waals surface area contributed by atoms with Gasteiger partial charge in [0.15, 0.2) is 11.5 Å². The van der Waals surface area contributed by atoms with Gasteiger partial charge >= 0.3 is 6.18 Å². The van der Waals surface area contributed by atoms with Crippen LogP contribution < -0.4 is 19.7 Å². The summed E-state index contributed by atoms with van der Waals surface area (Å²) in [5, 5.41) is 2.94. The van der Waals surface area contributed by atoms with Crippen molar-refractivity contribution >= 4 is 11.7 Å². The van der Waals surface area contributed by atoms with Crippen LogP contribution in [0.2, 0.25) is 0 Å². The SMILES string of the molecule is O=C(NCc1ccc2c(c1)OCO2)C1CCN(c2ccc(C(F)(F)F)cn2)CC1. The van der Waals surface area contributed by atoms with E-state index in [-0.39, 0.29) is 18.6 Å². The third-order valence-electron chi connectivity index (χ3n) is 5.17. The van der Waals surface area contributed by atoms with Crippen LogP contribution in [0.4, 0.5) is 19.0 Å². The molecule has 2 aliphatic rings. The van der Waals surface area contributed by atoms with E-state index in [0.717, 1.165) is 17.8 Å². The van der Waals surface area contributed by atoms with Crippen molar-refractivity contribution in [3.63, 3.8) is 0 Å². The predicted octanol–water partition coefficient (Wildman–Crippen LogP) is 3.36. The molecule has 0 spiro atoms. The molecule has 4 rings (SSSR count). The van der Waals surface area contributed by atoms with Crippen molar-refractivity contribution < 1.29 is 27.4 Å². The summed E-state index contributed by atoms with van der Waals surface area (Å²) >= 11 is 0. The van der Waals surface area contributed by atoms with Crippen LogP contribution >= 0.6 is 0 Å². The molecule has 1 fully saturated rings. The van der Waals surface area contributed by atoms with Gasteiger partial charge in [0.05, 0.1) is 5.56 Å². The number of pyridine rings is 1. The number of carbonyl (C=O) groups excluding carboxylic acids is 1. The molecule has 0 aliphatic carbocycles. The number of hydrogen-bond donors (Lipinski definition) is 1. The van der Waals surface area contributed by atoms with Crippen molar-refractivity contribution in [1.82, 2.24) is 10.3 Å². The number of aromatic nitrogens is 1. The number of ether oxygens (including phenoxy) is 2. The molecule has 29 heavy (non-hydrogen) atoms.